The lowest BCUT2D eigenvalue weighted by molar-refractivity contribution is -0.186. The predicted octanol–water partition coefficient (Wildman–Crippen LogP) is 2.84. The first-order valence-corrected chi connectivity index (χ1v) is 6.94. The molecule has 0 saturated heterocycles. The molecule has 4 rings (SSSR count). The zero-order valence-corrected chi connectivity index (χ0v) is 11.9. The summed E-state index contributed by atoms with van der Waals surface area (Å²) in [5.41, 5.74) is 2.92. The molecule has 110 valence electrons. The lowest BCUT2D eigenvalue weighted by Gasteiger charge is -2.19. The molecule has 0 aromatic heterocycles. The van der Waals surface area contributed by atoms with Gasteiger partial charge in [-0.05, 0) is 35.9 Å². The Morgan fingerprint density at radius 1 is 1.14 bits per heavy atom. The van der Waals surface area contributed by atoms with Gasteiger partial charge in [0.25, 0.3) is 0 Å². The van der Waals surface area contributed by atoms with E-state index in [1.54, 1.807) is 19.2 Å². The quantitative estimate of drug-likeness (QED) is 0.799. The van der Waals surface area contributed by atoms with Crippen molar-refractivity contribution in [3.05, 3.63) is 65.2 Å². The average molecular weight is 295 g/mol. The van der Waals surface area contributed by atoms with Crippen LogP contribution in [0.5, 0.6) is 5.75 Å². The van der Waals surface area contributed by atoms with Crippen molar-refractivity contribution < 1.29 is 19.1 Å². The zero-order valence-electron chi connectivity index (χ0n) is 11.9. The highest BCUT2D eigenvalue weighted by molar-refractivity contribution is 6.03. The van der Waals surface area contributed by atoms with Gasteiger partial charge in [-0.1, -0.05) is 23.4 Å². The Morgan fingerprint density at radius 2 is 1.91 bits per heavy atom. The molecule has 2 aromatic carbocycles. The van der Waals surface area contributed by atoms with Crippen molar-refractivity contribution in [3.8, 4) is 5.75 Å². The summed E-state index contributed by atoms with van der Waals surface area (Å²) in [6.07, 6.45) is 0.391. The molecule has 0 amide bonds. The van der Waals surface area contributed by atoms with E-state index in [4.69, 9.17) is 14.3 Å². The van der Waals surface area contributed by atoms with Gasteiger partial charge < -0.3 is 14.3 Å². The number of nitrogens with zero attached hydrogens (tertiary/aromatic N) is 1. The maximum absolute atomic E-state index is 12.0. The van der Waals surface area contributed by atoms with Gasteiger partial charge in [-0.15, -0.1) is 0 Å². The molecular formula is C17H13NO4. The van der Waals surface area contributed by atoms with E-state index in [1.165, 1.54) is 0 Å². The van der Waals surface area contributed by atoms with E-state index in [1.807, 2.05) is 36.4 Å². The number of fused-ring (bicyclic) bond motifs is 2. The Bertz CT molecular complexity index is 782. The molecule has 2 aliphatic rings. The summed E-state index contributed by atoms with van der Waals surface area (Å²) in [6, 6.07) is 14.8. The van der Waals surface area contributed by atoms with Crippen molar-refractivity contribution in [1.82, 2.24) is 0 Å². The number of hydrogen-bond donors (Lipinski definition) is 0. The van der Waals surface area contributed by atoms with Gasteiger partial charge in [0.2, 0.25) is 0 Å². The number of oxime groups is 1. The molecular weight excluding hydrogens is 282 g/mol. The van der Waals surface area contributed by atoms with Crippen LogP contribution in [-0.2, 0) is 15.4 Å². The zero-order chi connectivity index (χ0) is 15.2. The molecule has 2 heterocycles. The number of rotatable bonds is 2. The number of esters is 1. The van der Waals surface area contributed by atoms with Gasteiger partial charge in [-0.25, -0.2) is 4.79 Å². The molecule has 22 heavy (non-hydrogen) atoms. The normalized spacial score (nSPS) is 22.0. The minimum absolute atomic E-state index is 0.373. The molecule has 5 nitrogen and oxygen atoms in total. The molecule has 0 bridgehead atoms. The highest BCUT2D eigenvalue weighted by Crippen LogP contribution is 2.44. The largest absolute Gasteiger partial charge is 0.497 e. The second kappa shape index (κ2) is 4.59. The van der Waals surface area contributed by atoms with E-state index >= 15 is 0 Å². The van der Waals surface area contributed by atoms with Crippen LogP contribution in [0.1, 0.15) is 27.9 Å². The molecule has 0 radical (unpaired) electrons. The number of ether oxygens (including phenoxy) is 2. The molecule has 0 N–H and O–H groups in total. The summed E-state index contributed by atoms with van der Waals surface area (Å²) in [6.45, 7) is 0. The molecule has 1 spiro atoms. The summed E-state index contributed by atoms with van der Waals surface area (Å²) in [5, 5.41) is 4.13. The second-order valence-electron chi connectivity index (χ2n) is 5.22. The summed E-state index contributed by atoms with van der Waals surface area (Å²) in [5.74, 6) is -0.722. The maximum atomic E-state index is 12.0. The van der Waals surface area contributed by atoms with Crippen LogP contribution in [0.25, 0.3) is 0 Å². The van der Waals surface area contributed by atoms with Crippen LogP contribution < -0.4 is 4.74 Å². The Hall–Kier alpha value is -2.82. The van der Waals surface area contributed by atoms with E-state index in [9.17, 15) is 4.79 Å². The number of carbonyl (C=O) groups is 1. The summed E-state index contributed by atoms with van der Waals surface area (Å²) in [4.78, 5) is 17.5. The third-order valence-corrected chi connectivity index (χ3v) is 3.94. The first kappa shape index (κ1) is 12.9. The van der Waals surface area contributed by atoms with E-state index in [0.717, 1.165) is 22.6 Å². The van der Waals surface area contributed by atoms with Crippen molar-refractivity contribution in [1.29, 1.82) is 0 Å². The van der Waals surface area contributed by atoms with E-state index in [2.05, 4.69) is 5.16 Å². The Labute approximate surface area is 127 Å². The van der Waals surface area contributed by atoms with Crippen LogP contribution in [0.3, 0.4) is 0 Å². The first-order chi connectivity index (χ1) is 10.7. The average Bonchev–Trinajstić information content (AvgIpc) is 3.11. The third kappa shape index (κ3) is 1.79. The molecule has 5 heteroatoms. The summed E-state index contributed by atoms with van der Waals surface area (Å²) in [7, 11) is 1.62. The Morgan fingerprint density at radius 3 is 2.68 bits per heavy atom. The lowest BCUT2D eigenvalue weighted by Crippen LogP contribution is -2.26. The van der Waals surface area contributed by atoms with Crippen LogP contribution in [-0.4, -0.2) is 18.8 Å². The SMILES string of the molecule is COc1ccc(C2=NOC3(C2)OC(=O)c2ccccc23)cc1. The molecule has 0 aliphatic carbocycles. The maximum Gasteiger partial charge on any atom is 0.342 e. The second-order valence-corrected chi connectivity index (χ2v) is 5.22. The van der Waals surface area contributed by atoms with Gasteiger partial charge in [-0.2, -0.15) is 0 Å². The fourth-order valence-electron chi connectivity index (χ4n) is 2.80. The Kier molecular flexibility index (Phi) is 2.69. The van der Waals surface area contributed by atoms with Crippen LogP contribution in [0.4, 0.5) is 0 Å². The molecule has 0 saturated carbocycles. The monoisotopic (exact) mass is 295 g/mol. The van der Waals surface area contributed by atoms with Crippen molar-refractivity contribution in [2.75, 3.05) is 7.11 Å². The predicted molar refractivity (Wildman–Crippen MR) is 78.8 cm³/mol. The van der Waals surface area contributed by atoms with E-state index < -0.39 is 5.79 Å². The highest BCUT2D eigenvalue weighted by Gasteiger charge is 2.52. The molecule has 2 aliphatic heterocycles. The number of carbonyl (C=O) groups excluding carboxylic acids is 1. The Balaban J connectivity index is 1.66. The van der Waals surface area contributed by atoms with Gasteiger partial charge in [0.1, 0.15) is 5.75 Å². The minimum atomic E-state index is -1.12. The van der Waals surface area contributed by atoms with Crippen LogP contribution >= 0.6 is 0 Å². The fourth-order valence-corrected chi connectivity index (χ4v) is 2.80. The molecule has 0 fully saturated rings. The number of hydrogen-bond acceptors (Lipinski definition) is 5. The van der Waals surface area contributed by atoms with Crippen LogP contribution in [0, 0.1) is 0 Å². The van der Waals surface area contributed by atoms with Crippen LogP contribution in [0.2, 0.25) is 0 Å². The van der Waals surface area contributed by atoms with Gasteiger partial charge in [0.05, 0.1) is 30.4 Å². The minimum Gasteiger partial charge on any atom is -0.497 e. The summed E-state index contributed by atoms with van der Waals surface area (Å²) >= 11 is 0. The van der Waals surface area contributed by atoms with Gasteiger partial charge in [0.15, 0.2) is 0 Å². The van der Waals surface area contributed by atoms with Crippen molar-refractivity contribution in [2.45, 2.75) is 12.2 Å². The van der Waals surface area contributed by atoms with Crippen LogP contribution in [0.15, 0.2) is 53.7 Å². The van der Waals surface area contributed by atoms with Crippen molar-refractivity contribution in [3.63, 3.8) is 0 Å². The topological polar surface area (TPSA) is 57.1 Å². The smallest absolute Gasteiger partial charge is 0.342 e. The van der Waals surface area contributed by atoms with Gasteiger partial charge >= 0.3 is 11.8 Å². The fraction of sp³-hybridized carbons (Fsp3) is 0.176. The molecule has 1 unspecified atom stereocenters. The summed E-state index contributed by atoms with van der Waals surface area (Å²) < 4.78 is 10.6. The highest BCUT2D eigenvalue weighted by atomic mass is 16.8. The van der Waals surface area contributed by atoms with Crippen molar-refractivity contribution >= 4 is 11.7 Å². The van der Waals surface area contributed by atoms with E-state index in [0.29, 0.717) is 12.0 Å². The number of benzene rings is 2. The van der Waals surface area contributed by atoms with E-state index in [-0.39, 0.29) is 5.97 Å². The molecule has 1 atom stereocenters. The van der Waals surface area contributed by atoms with Gasteiger partial charge in [-0.3, -0.25) is 0 Å². The van der Waals surface area contributed by atoms with Gasteiger partial charge in [0, 0.05) is 0 Å². The van der Waals surface area contributed by atoms with Crippen molar-refractivity contribution in [2.24, 2.45) is 5.16 Å². The third-order valence-electron chi connectivity index (χ3n) is 3.94. The lowest BCUT2D eigenvalue weighted by atomic mass is 9.96. The molecule has 2 aromatic rings. The first-order valence-electron chi connectivity index (χ1n) is 6.94. The standard InChI is InChI=1S/C17H13NO4/c1-20-12-8-6-11(7-9-12)15-10-17(22-18-15)14-5-3-2-4-13(14)16(19)21-17/h2-9H,10H2,1H3. The number of methoxy groups -OCH3 is 1.